The largest absolute Gasteiger partial charge is 0.378 e. The number of aromatic nitrogens is 2. The number of morpholine rings is 1. The van der Waals surface area contributed by atoms with Crippen molar-refractivity contribution in [2.75, 3.05) is 59.1 Å². The SMILES string of the molecule is CC1(C)C2[C@@H](OCC3CCCCC3)[C@@H](C(=O)N3CCOCC3)NC(=O)C3CN(C(=O)c4cnn(Cc5ccccc5)c4)CC34CN(C4)C(=O)[C@@H]21. The number of amides is 4. The number of hydrogen-bond acceptors (Lipinski definition) is 7. The number of nitrogens with one attached hydrogen (secondary N) is 1. The minimum Gasteiger partial charge on any atom is -0.378 e. The number of nitrogens with zero attached hydrogens (tertiary/aromatic N) is 5. The third kappa shape index (κ3) is 6.01. The van der Waals surface area contributed by atoms with Gasteiger partial charge in [0.15, 0.2) is 0 Å². The summed E-state index contributed by atoms with van der Waals surface area (Å²) >= 11 is 0. The third-order valence-electron chi connectivity index (χ3n) is 12.6. The lowest BCUT2D eigenvalue weighted by molar-refractivity contribution is -0.152. The molecule has 0 radical (unpaired) electrons. The van der Waals surface area contributed by atoms with Crippen LogP contribution in [-0.2, 0) is 30.4 Å². The minimum atomic E-state index is -0.936. The Morgan fingerprint density at radius 3 is 2.48 bits per heavy atom. The quantitative estimate of drug-likeness (QED) is 0.475. The van der Waals surface area contributed by atoms with Crippen molar-refractivity contribution < 1.29 is 28.7 Å². The van der Waals surface area contributed by atoms with Gasteiger partial charge in [-0.3, -0.25) is 23.9 Å². The van der Waals surface area contributed by atoms with E-state index in [9.17, 15) is 19.2 Å². The normalized spacial score (nSPS) is 30.4. The lowest BCUT2D eigenvalue weighted by atomic mass is 9.71. The van der Waals surface area contributed by atoms with Crippen LogP contribution in [0.2, 0.25) is 0 Å². The average molecular weight is 687 g/mol. The van der Waals surface area contributed by atoms with Crippen LogP contribution in [0.5, 0.6) is 0 Å². The Labute approximate surface area is 293 Å². The van der Waals surface area contributed by atoms with E-state index >= 15 is 0 Å². The van der Waals surface area contributed by atoms with Crippen LogP contribution in [0.3, 0.4) is 0 Å². The first kappa shape index (κ1) is 33.4. The molecule has 1 N–H and O–H groups in total. The summed E-state index contributed by atoms with van der Waals surface area (Å²) in [5, 5.41) is 7.67. The molecule has 7 aliphatic rings. The summed E-state index contributed by atoms with van der Waals surface area (Å²) in [6, 6.07) is 9.00. The zero-order chi connectivity index (χ0) is 34.6. The van der Waals surface area contributed by atoms with Crippen molar-refractivity contribution in [2.45, 2.75) is 64.6 Å². The predicted molar refractivity (Wildman–Crippen MR) is 183 cm³/mol. The lowest BCUT2D eigenvalue weighted by Gasteiger charge is -2.50. The van der Waals surface area contributed by atoms with Gasteiger partial charge in [0.1, 0.15) is 6.04 Å². The summed E-state index contributed by atoms with van der Waals surface area (Å²) in [5.74, 6) is -1.23. The maximum Gasteiger partial charge on any atom is 0.257 e. The molecule has 2 aliphatic carbocycles. The molecule has 12 nitrogen and oxygen atoms in total. The second kappa shape index (κ2) is 13.1. The fourth-order valence-corrected chi connectivity index (χ4v) is 9.67. The number of benzene rings is 1. The molecule has 1 spiro atoms. The molecule has 5 aliphatic heterocycles. The van der Waals surface area contributed by atoms with E-state index in [1.54, 1.807) is 26.9 Å². The van der Waals surface area contributed by atoms with Gasteiger partial charge < -0.3 is 29.5 Å². The van der Waals surface area contributed by atoms with Crippen molar-refractivity contribution in [3.05, 3.63) is 53.9 Å². The van der Waals surface area contributed by atoms with Gasteiger partial charge in [0.2, 0.25) is 17.7 Å². The van der Waals surface area contributed by atoms with E-state index in [-0.39, 0.29) is 47.4 Å². The third-order valence-corrected chi connectivity index (χ3v) is 12.6. The van der Waals surface area contributed by atoms with Crippen LogP contribution < -0.4 is 5.32 Å². The molecular weight excluding hydrogens is 636 g/mol. The topological polar surface area (TPSA) is 126 Å². The van der Waals surface area contributed by atoms with Crippen molar-refractivity contribution in [1.29, 1.82) is 0 Å². The number of rotatable bonds is 7. The van der Waals surface area contributed by atoms with E-state index in [0.717, 1.165) is 18.4 Å². The Bertz CT molecular complexity index is 1610. The lowest BCUT2D eigenvalue weighted by Crippen LogP contribution is -2.65. The van der Waals surface area contributed by atoms with Gasteiger partial charge in [-0.1, -0.05) is 63.4 Å². The molecule has 5 atom stereocenters. The smallest absolute Gasteiger partial charge is 0.257 e. The van der Waals surface area contributed by atoms with Crippen LogP contribution in [0.4, 0.5) is 0 Å². The zero-order valence-electron chi connectivity index (χ0n) is 29.3. The van der Waals surface area contributed by atoms with Crippen LogP contribution in [0.25, 0.3) is 0 Å². The molecule has 5 saturated heterocycles. The monoisotopic (exact) mass is 686 g/mol. The first-order valence-electron chi connectivity index (χ1n) is 18.6. The number of ether oxygens (including phenoxy) is 2. The van der Waals surface area contributed by atoms with Gasteiger partial charge in [0.25, 0.3) is 5.91 Å². The Kier molecular flexibility index (Phi) is 8.74. The Hall–Kier alpha value is -3.77. The number of fused-ring (bicyclic) bond motifs is 3. The summed E-state index contributed by atoms with van der Waals surface area (Å²) in [6.45, 7) is 8.40. The molecule has 268 valence electrons. The van der Waals surface area contributed by atoms with Gasteiger partial charge in [0, 0.05) is 69.3 Å². The van der Waals surface area contributed by atoms with Crippen LogP contribution in [0.1, 0.15) is 61.9 Å². The molecule has 12 heteroatoms. The van der Waals surface area contributed by atoms with Crippen LogP contribution >= 0.6 is 0 Å². The van der Waals surface area contributed by atoms with Crippen molar-refractivity contribution in [3.8, 4) is 0 Å². The zero-order valence-corrected chi connectivity index (χ0v) is 29.3. The first-order chi connectivity index (χ1) is 24.1. The molecule has 2 bridgehead atoms. The van der Waals surface area contributed by atoms with Gasteiger partial charge in [-0.15, -0.1) is 0 Å². The van der Waals surface area contributed by atoms with Gasteiger partial charge in [-0.2, -0.15) is 5.10 Å². The highest BCUT2D eigenvalue weighted by Gasteiger charge is 2.70. The van der Waals surface area contributed by atoms with Crippen molar-refractivity contribution in [3.63, 3.8) is 0 Å². The van der Waals surface area contributed by atoms with E-state index in [0.29, 0.717) is 70.6 Å². The Morgan fingerprint density at radius 2 is 1.74 bits per heavy atom. The molecule has 7 fully saturated rings. The highest BCUT2D eigenvalue weighted by Crippen LogP contribution is 2.63. The summed E-state index contributed by atoms with van der Waals surface area (Å²) in [5.41, 5.74) is 0.570. The first-order valence-corrected chi connectivity index (χ1v) is 18.6. The fraction of sp³-hybridized carbons (Fsp3) is 0.658. The number of likely N-dealkylation sites (tertiary alicyclic amines) is 1. The number of carbonyl (C=O) groups excluding carboxylic acids is 4. The predicted octanol–water partition coefficient (Wildman–Crippen LogP) is 2.43. The number of carbonyl (C=O) groups is 4. The van der Waals surface area contributed by atoms with Gasteiger partial charge in [0.05, 0.1) is 43.5 Å². The van der Waals surface area contributed by atoms with E-state index in [2.05, 4.69) is 24.3 Å². The van der Waals surface area contributed by atoms with E-state index in [1.165, 1.54) is 19.3 Å². The Balaban J connectivity index is 1.07. The molecule has 1 aromatic heterocycles. The molecule has 2 saturated carbocycles. The molecule has 9 rings (SSSR count). The maximum atomic E-state index is 14.6. The van der Waals surface area contributed by atoms with Crippen molar-refractivity contribution in [2.24, 2.45) is 34.5 Å². The second-order valence-corrected chi connectivity index (χ2v) is 16.3. The number of hydrogen-bond donors (Lipinski definition) is 1. The summed E-state index contributed by atoms with van der Waals surface area (Å²) < 4.78 is 14.1. The Morgan fingerprint density at radius 1 is 1.00 bits per heavy atom. The average Bonchev–Trinajstić information content (AvgIpc) is 3.44. The summed E-state index contributed by atoms with van der Waals surface area (Å²) in [7, 11) is 0. The minimum absolute atomic E-state index is 0.0644. The molecule has 1 aromatic carbocycles. The second-order valence-electron chi connectivity index (χ2n) is 16.3. The molecule has 2 aromatic rings. The van der Waals surface area contributed by atoms with Crippen molar-refractivity contribution in [1.82, 2.24) is 29.8 Å². The molecule has 2 unspecified atom stereocenters. The highest BCUT2D eigenvalue weighted by molar-refractivity contribution is 5.96. The molecular formula is C38H50N6O6. The van der Waals surface area contributed by atoms with Gasteiger partial charge in [-0.05, 0) is 29.7 Å². The fourth-order valence-electron chi connectivity index (χ4n) is 9.67. The van der Waals surface area contributed by atoms with Crippen LogP contribution in [0.15, 0.2) is 42.7 Å². The molecule has 6 heterocycles. The summed E-state index contributed by atoms with van der Waals surface area (Å²) in [6.07, 6.45) is 8.45. The molecule has 50 heavy (non-hydrogen) atoms. The van der Waals surface area contributed by atoms with E-state index in [4.69, 9.17) is 9.47 Å². The molecule has 4 amide bonds. The van der Waals surface area contributed by atoms with Crippen LogP contribution in [0, 0.1) is 34.5 Å². The van der Waals surface area contributed by atoms with E-state index < -0.39 is 23.5 Å². The van der Waals surface area contributed by atoms with Crippen molar-refractivity contribution >= 4 is 23.6 Å². The van der Waals surface area contributed by atoms with Gasteiger partial charge >= 0.3 is 0 Å². The van der Waals surface area contributed by atoms with Gasteiger partial charge in [-0.25, -0.2) is 0 Å². The summed E-state index contributed by atoms with van der Waals surface area (Å²) in [4.78, 5) is 62.5. The highest BCUT2D eigenvalue weighted by atomic mass is 16.5. The van der Waals surface area contributed by atoms with E-state index in [1.807, 2.05) is 35.2 Å². The standard InChI is InChI=1S/C38H50N6O6/c1-37(2)29-30(37)35(47)43-23-38(24-43)22-42(34(46)27-17-39-44(19-27)18-25-9-5-3-6-10-25)20-28(38)33(45)40-31(36(48)41-13-15-49-16-14-41)32(29)50-21-26-11-7-4-8-12-26/h3,5-6,9-10,17,19,26,28-32H,4,7-8,11-16,18,20-24H2,1-2H3,(H,40,45)/t28?,29?,30-,31+,32-/m1/s1. The maximum absolute atomic E-state index is 14.6. The van der Waals surface area contributed by atoms with Crippen LogP contribution in [-0.4, -0.2) is 119 Å².